The molecule has 0 radical (unpaired) electrons. The number of likely N-dealkylation sites (N-methyl/N-ethyl adjacent to an activating group) is 1. The zero-order chi connectivity index (χ0) is 16.4. The van der Waals surface area contributed by atoms with Gasteiger partial charge in [0, 0.05) is 18.0 Å². The second-order valence-electron chi connectivity index (χ2n) is 5.35. The molecule has 7 nitrogen and oxygen atoms in total. The van der Waals surface area contributed by atoms with Crippen LogP contribution < -0.4 is 5.32 Å². The van der Waals surface area contributed by atoms with Crippen LogP contribution in [0.4, 0.5) is 5.00 Å². The Morgan fingerprint density at radius 2 is 2.43 bits per heavy atom. The molecular weight excluding hydrogens is 332 g/mol. The van der Waals surface area contributed by atoms with Crippen LogP contribution in [0.15, 0.2) is 5.16 Å². The number of nitrogens with zero attached hydrogens (tertiary/aromatic N) is 4. The highest BCUT2D eigenvalue weighted by Crippen LogP contribution is 2.36. The van der Waals surface area contributed by atoms with Crippen LogP contribution in [0.5, 0.6) is 0 Å². The molecule has 0 aliphatic carbocycles. The molecule has 2 aromatic heterocycles. The van der Waals surface area contributed by atoms with Crippen molar-refractivity contribution in [1.82, 2.24) is 20.1 Å². The molecule has 1 amide bonds. The first-order valence-electron chi connectivity index (χ1n) is 7.11. The summed E-state index contributed by atoms with van der Waals surface area (Å²) in [7, 11) is 2.06. The van der Waals surface area contributed by atoms with E-state index < -0.39 is 0 Å². The number of aromatic nitrogens is 3. The summed E-state index contributed by atoms with van der Waals surface area (Å²) in [6.07, 6.45) is 0.853. The van der Waals surface area contributed by atoms with Crippen LogP contribution in [0.1, 0.15) is 21.8 Å². The normalized spacial score (nSPS) is 14.3. The first kappa shape index (κ1) is 16.0. The van der Waals surface area contributed by atoms with Gasteiger partial charge >= 0.3 is 0 Å². The summed E-state index contributed by atoms with van der Waals surface area (Å²) < 4.78 is 0. The molecule has 0 spiro atoms. The van der Waals surface area contributed by atoms with Crippen LogP contribution in [0.3, 0.4) is 0 Å². The summed E-state index contributed by atoms with van der Waals surface area (Å²) in [5.74, 6) is 0.778. The van der Waals surface area contributed by atoms with Gasteiger partial charge in [-0.25, -0.2) is 4.98 Å². The Morgan fingerprint density at radius 3 is 3.13 bits per heavy atom. The number of hydrogen-bond acceptors (Lipinski definition) is 7. The Hall–Kier alpha value is -1.89. The molecule has 2 N–H and O–H groups in total. The predicted molar refractivity (Wildman–Crippen MR) is 89.5 cm³/mol. The second-order valence-corrected chi connectivity index (χ2v) is 7.40. The van der Waals surface area contributed by atoms with E-state index >= 15 is 0 Å². The number of aromatic amines is 1. The van der Waals surface area contributed by atoms with Crippen molar-refractivity contribution in [3.63, 3.8) is 0 Å². The van der Waals surface area contributed by atoms with Gasteiger partial charge in [-0.3, -0.25) is 9.89 Å². The van der Waals surface area contributed by atoms with Gasteiger partial charge in [-0.05, 0) is 26.0 Å². The second kappa shape index (κ2) is 6.70. The minimum absolute atomic E-state index is 0.152. The average Bonchev–Trinajstić information content (AvgIpc) is 3.07. The smallest absolute Gasteiger partial charge is 0.235 e. The Balaban J connectivity index is 1.67. The van der Waals surface area contributed by atoms with Crippen molar-refractivity contribution in [2.24, 2.45) is 0 Å². The maximum absolute atomic E-state index is 12.1. The molecule has 0 unspecified atom stereocenters. The Kier molecular flexibility index (Phi) is 4.66. The highest BCUT2D eigenvalue weighted by Gasteiger charge is 2.23. The van der Waals surface area contributed by atoms with Crippen molar-refractivity contribution >= 4 is 34.0 Å². The Labute approximate surface area is 142 Å². The molecule has 2 aromatic rings. The molecule has 0 atom stereocenters. The number of fused-ring (bicyclic) bond motifs is 1. The van der Waals surface area contributed by atoms with Crippen molar-refractivity contribution < 1.29 is 4.79 Å². The highest BCUT2D eigenvalue weighted by molar-refractivity contribution is 7.99. The number of amides is 1. The molecule has 9 heteroatoms. The Morgan fingerprint density at radius 1 is 1.61 bits per heavy atom. The largest absolute Gasteiger partial charge is 0.316 e. The monoisotopic (exact) mass is 348 g/mol. The van der Waals surface area contributed by atoms with Crippen molar-refractivity contribution in [1.29, 1.82) is 5.26 Å². The van der Waals surface area contributed by atoms with Gasteiger partial charge in [0.15, 0.2) is 0 Å². The number of thiophene rings is 1. The number of carbonyl (C=O) groups is 1. The van der Waals surface area contributed by atoms with Crippen LogP contribution in [-0.4, -0.2) is 45.3 Å². The van der Waals surface area contributed by atoms with Crippen LogP contribution >= 0.6 is 23.1 Å². The lowest BCUT2D eigenvalue weighted by Crippen LogP contribution is -2.25. The van der Waals surface area contributed by atoms with E-state index in [1.54, 1.807) is 0 Å². The van der Waals surface area contributed by atoms with Crippen molar-refractivity contribution in [2.75, 3.05) is 24.7 Å². The molecule has 0 bridgehead atoms. The molecule has 1 aliphatic heterocycles. The summed E-state index contributed by atoms with van der Waals surface area (Å²) in [5, 5.41) is 20.2. The topological polar surface area (TPSA) is 97.7 Å². The van der Waals surface area contributed by atoms with Gasteiger partial charge in [-0.15, -0.1) is 16.4 Å². The van der Waals surface area contributed by atoms with E-state index in [0.717, 1.165) is 30.9 Å². The maximum atomic E-state index is 12.1. The number of H-pyrrole nitrogens is 1. The van der Waals surface area contributed by atoms with E-state index in [9.17, 15) is 10.1 Å². The Bertz CT molecular complexity index is 775. The number of aryl methyl sites for hydroxylation is 1. The third kappa shape index (κ3) is 3.55. The molecule has 120 valence electrons. The van der Waals surface area contributed by atoms with Gasteiger partial charge in [-0.1, -0.05) is 11.8 Å². The number of nitriles is 1. The zero-order valence-electron chi connectivity index (χ0n) is 12.8. The van der Waals surface area contributed by atoms with E-state index in [1.807, 2.05) is 6.92 Å². The lowest BCUT2D eigenvalue weighted by molar-refractivity contribution is -0.113. The molecule has 0 fully saturated rings. The number of rotatable bonds is 4. The SMILES string of the molecule is Cc1nc(SCC(=O)Nc2sc3c(c2C#N)CCN(C)C3)n[nH]1. The minimum atomic E-state index is -0.152. The fraction of sp³-hybridized carbons (Fsp3) is 0.429. The molecule has 23 heavy (non-hydrogen) atoms. The molecule has 3 heterocycles. The van der Waals surface area contributed by atoms with Crippen molar-refractivity contribution in [2.45, 2.75) is 25.0 Å². The van der Waals surface area contributed by atoms with Crippen molar-refractivity contribution in [3.05, 3.63) is 21.8 Å². The van der Waals surface area contributed by atoms with E-state index in [4.69, 9.17) is 0 Å². The number of hydrogen-bond donors (Lipinski definition) is 2. The van der Waals surface area contributed by atoms with Gasteiger partial charge < -0.3 is 10.2 Å². The summed E-state index contributed by atoms with van der Waals surface area (Å²) in [6.45, 7) is 3.57. The van der Waals surface area contributed by atoms with E-state index in [1.165, 1.54) is 28.0 Å². The standard InChI is InChI=1S/C14H16N6OS2/c1-8-16-14(19-18-8)22-7-12(21)17-13-10(5-15)9-3-4-20(2)6-11(9)23-13/h3-4,6-7H2,1-2H3,(H,17,21)(H,16,18,19). The number of thioether (sulfide) groups is 1. The molecule has 0 aromatic carbocycles. The van der Waals surface area contributed by atoms with Gasteiger partial charge in [0.05, 0.1) is 11.3 Å². The first-order chi connectivity index (χ1) is 11.1. The van der Waals surface area contributed by atoms with Gasteiger partial charge in [-0.2, -0.15) is 5.26 Å². The van der Waals surface area contributed by atoms with E-state index in [0.29, 0.717) is 15.7 Å². The summed E-state index contributed by atoms with van der Waals surface area (Å²) >= 11 is 2.77. The molecule has 0 saturated heterocycles. The molecular formula is C14H16N6OS2. The van der Waals surface area contributed by atoms with E-state index in [-0.39, 0.29) is 11.7 Å². The lowest BCUT2D eigenvalue weighted by atomic mass is 10.0. The van der Waals surface area contributed by atoms with Crippen molar-refractivity contribution in [3.8, 4) is 6.07 Å². The van der Waals surface area contributed by atoms with Crippen LogP contribution in [0.2, 0.25) is 0 Å². The molecule has 0 saturated carbocycles. The summed E-state index contributed by atoms with van der Waals surface area (Å²) in [6, 6.07) is 2.24. The number of anilines is 1. The van der Waals surface area contributed by atoms with Crippen LogP contribution in [0, 0.1) is 18.3 Å². The summed E-state index contributed by atoms with van der Waals surface area (Å²) in [4.78, 5) is 19.7. The minimum Gasteiger partial charge on any atom is -0.316 e. The van der Waals surface area contributed by atoms with Gasteiger partial charge in [0.25, 0.3) is 0 Å². The third-order valence-corrected chi connectivity index (χ3v) is 5.50. The third-order valence-electron chi connectivity index (χ3n) is 3.52. The highest BCUT2D eigenvalue weighted by atomic mass is 32.2. The fourth-order valence-corrected chi connectivity index (χ4v) is 4.36. The van der Waals surface area contributed by atoms with Gasteiger partial charge in [0.2, 0.25) is 11.1 Å². The average molecular weight is 348 g/mol. The zero-order valence-corrected chi connectivity index (χ0v) is 14.5. The quantitative estimate of drug-likeness (QED) is 0.817. The lowest BCUT2D eigenvalue weighted by Gasteiger charge is -2.21. The first-order valence-corrected chi connectivity index (χ1v) is 8.92. The van der Waals surface area contributed by atoms with Crippen LogP contribution in [-0.2, 0) is 17.8 Å². The predicted octanol–water partition coefficient (Wildman–Crippen LogP) is 1.76. The maximum Gasteiger partial charge on any atom is 0.235 e. The molecule has 1 aliphatic rings. The fourth-order valence-electron chi connectivity index (χ4n) is 2.42. The summed E-state index contributed by atoms with van der Waals surface area (Å²) in [5.41, 5.74) is 1.70. The number of carbonyl (C=O) groups excluding carboxylic acids is 1. The number of nitrogens with one attached hydrogen (secondary N) is 2. The van der Waals surface area contributed by atoms with E-state index in [2.05, 4.69) is 38.5 Å². The van der Waals surface area contributed by atoms with Crippen LogP contribution in [0.25, 0.3) is 0 Å². The van der Waals surface area contributed by atoms with Gasteiger partial charge in [0.1, 0.15) is 16.9 Å². The molecule has 3 rings (SSSR count).